The van der Waals surface area contributed by atoms with E-state index in [1.165, 1.54) is 0 Å². The van der Waals surface area contributed by atoms with Crippen molar-refractivity contribution in [1.29, 1.82) is 0 Å². The molecule has 0 spiro atoms. The molecule has 3 aromatic carbocycles. The van der Waals surface area contributed by atoms with Crippen LogP contribution in [0, 0.1) is 5.92 Å². The number of amides is 2. The van der Waals surface area contributed by atoms with Crippen LogP contribution in [0.3, 0.4) is 0 Å². The van der Waals surface area contributed by atoms with E-state index in [9.17, 15) is 9.59 Å². The number of hydrogen-bond donors (Lipinski definition) is 2. The number of methoxy groups -OCH3 is 2. The summed E-state index contributed by atoms with van der Waals surface area (Å²) in [4.78, 5) is 26.8. The standard InChI is InChI=1S/C26H27N3O5/c1-32-22-11-9-21(10-12-22)29-16-19(14-25(29)30)26(31)28-27-20-8-13-23(24(15-20)33-2)34-17-18-6-4-3-5-7-18/h3-13,15,19,27H,14,16-17H2,1-2H3,(H,28,31)/t19-/m1/s1. The summed E-state index contributed by atoms with van der Waals surface area (Å²) in [6.45, 7) is 0.732. The minimum atomic E-state index is -0.461. The molecule has 0 radical (unpaired) electrons. The van der Waals surface area contributed by atoms with Gasteiger partial charge >= 0.3 is 0 Å². The van der Waals surface area contributed by atoms with E-state index in [0.29, 0.717) is 36.1 Å². The lowest BCUT2D eigenvalue weighted by atomic mass is 10.1. The third-order valence-corrected chi connectivity index (χ3v) is 5.61. The van der Waals surface area contributed by atoms with Gasteiger partial charge in [0, 0.05) is 24.7 Å². The lowest BCUT2D eigenvalue weighted by Gasteiger charge is -2.17. The molecule has 1 aliphatic heterocycles. The van der Waals surface area contributed by atoms with Crippen LogP contribution in [0.25, 0.3) is 0 Å². The zero-order valence-electron chi connectivity index (χ0n) is 19.1. The first-order valence-corrected chi connectivity index (χ1v) is 10.9. The van der Waals surface area contributed by atoms with Crippen LogP contribution in [0.2, 0.25) is 0 Å². The van der Waals surface area contributed by atoms with E-state index >= 15 is 0 Å². The molecule has 1 atom stereocenters. The lowest BCUT2D eigenvalue weighted by Crippen LogP contribution is -2.36. The fraction of sp³-hybridized carbons (Fsp3) is 0.231. The molecule has 3 aromatic rings. The first-order chi connectivity index (χ1) is 16.6. The number of carbonyl (C=O) groups excluding carboxylic acids is 2. The summed E-state index contributed by atoms with van der Waals surface area (Å²) in [7, 11) is 3.15. The molecule has 1 heterocycles. The van der Waals surface area contributed by atoms with Gasteiger partial charge in [0.25, 0.3) is 0 Å². The Bertz CT molecular complexity index is 1130. The van der Waals surface area contributed by atoms with Gasteiger partial charge in [0.15, 0.2) is 11.5 Å². The SMILES string of the molecule is COc1ccc(N2C[C@H](C(=O)NNc3ccc(OCc4ccccc4)c(OC)c3)CC2=O)cc1. The summed E-state index contributed by atoms with van der Waals surface area (Å²) in [5.74, 6) is 1.04. The maximum absolute atomic E-state index is 12.7. The fourth-order valence-electron chi connectivity index (χ4n) is 3.73. The maximum Gasteiger partial charge on any atom is 0.243 e. The molecule has 2 amide bonds. The Labute approximate surface area is 198 Å². The molecule has 0 aromatic heterocycles. The number of hydrazine groups is 1. The highest BCUT2D eigenvalue weighted by molar-refractivity contribution is 6.00. The average Bonchev–Trinajstić information content (AvgIpc) is 3.28. The largest absolute Gasteiger partial charge is 0.497 e. The van der Waals surface area contributed by atoms with Crippen LogP contribution in [-0.2, 0) is 16.2 Å². The van der Waals surface area contributed by atoms with Crippen LogP contribution in [-0.4, -0.2) is 32.6 Å². The molecule has 1 saturated heterocycles. The predicted molar refractivity (Wildman–Crippen MR) is 129 cm³/mol. The summed E-state index contributed by atoms with van der Waals surface area (Å²) in [6, 6.07) is 22.3. The Morgan fingerprint density at radius 2 is 1.74 bits per heavy atom. The summed E-state index contributed by atoms with van der Waals surface area (Å²) in [5.41, 5.74) is 8.02. The quantitative estimate of drug-likeness (QED) is 0.472. The van der Waals surface area contributed by atoms with Crippen molar-refractivity contribution in [3.8, 4) is 17.2 Å². The predicted octanol–water partition coefficient (Wildman–Crippen LogP) is 3.78. The highest BCUT2D eigenvalue weighted by Crippen LogP contribution is 2.31. The van der Waals surface area contributed by atoms with Crippen molar-refractivity contribution in [2.45, 2.75) is 13.0 Å². The van der Waals surface area contributed by atoms with Crippen molar-refractivity contribution in [1.82, 2.24) is 5.43 Å². The van der Waals surface area contributed by atoms with Gasteiger partial charge in [-0.05, 0) is 42.0 Å². The summed E-state index contributed by atoms with van der Waals surface area (Å²) < 4.78 is 16.5. The molecule has 1 aliphatic rings. The summed E-state index contributed by atoms with van der Waals surface area (Å²) in [5, 5.41) is 0. The molecular weight excluding hydrogens is 434 g/mol. The van der Waals surface area contributed by atoms with E-state index in [1.807, 2.05) is 42.5 Å². The van der Waals surface area contributed by atoms with Gasteiger partial charge in [-0.3, -0.25) is 20.4 Å². The first-order valence-electron chi connectivity index (χ1n) is 10.9. The molecule has 0 saturated carbocycles. The molecular formula is C26H27N3O5. The minimum absolute atomic E-state index is 0.0908. The lowest BCUT2D eigenvalue weighted by molar-refractivity contribution is -0.125. The molecule has 2 N–H and O–H groups in total. The average molecular weight is 462 g/mol. The number of benzene rings is 3. The summed E-state index contributed by atoms with van der Waals surface area (Å²) >= 11 is 0. The second-order valence-electron chi connectivity index (χ2n) is 7.86. The van der Waals surface area contributed by atoms with Crippen LogP contribution in [0.5, 0.6) is 17.2 Å². The highest BCUT2D eigenvalue weighted by Gasteiger charge is 2.35. The van der Waals surface area contributed by atoms with E-state index in [1.54, 1.807) is 49.5 Å². The van der Waals surface area contributed by atoms with Crippen molar-refractivity contribution in [3.63, 3.8) is 0 Å². The molecule has 0 unspecified atom stereocenters. The first kappa shape index (κ1) is 23.0. The van der Waals surface area contributed by atoms with E-state index < -0.39 is 5.92 Å². The van der Waals surface area contributed by atoms with Crippen molar-refractivity contribution in [3.05, 3.63) is 78.4 Å². The Kier molecular flexibility index (Phi) is 7.17. The van der Waals surface area contributed by atoms with Gasteiger partial charge in [-0.15, -0.1) is 0 Å². The number of nitrogens with zero attached hydrogens (tertiary/aromatic N) is 1. The second-order valence-corrected chi connectivity index (χ2v) is 7.86. The second kappa shape index (κ2) is 10.6. The Morgan fingerprint density at radius 3 is 2.44 bits per heavy atom. The molecule has 176 valence electrons. The van der Waals surface area contributed by atoms with Crippen LogP contribution in [0.4, 0.5) is 11.4 Å². The normalized spacial score (nSPS) is 15.1. The van der Waals surface area contributed by atoms with E-state index in [0.717, 1.165) is 11.3 Å². The molecule has 4 rings (SSSR count). The van der Waals surface area contributed by atoms with Crippen LogP contribution >= 0.6 is 0 Å². The van der Waals surface area contributed by atoms with Gasteiger partial charge in [0.2, 0.25) is 11.8 Å². The van der Waals surface area contributed by atoms with Crippen molar-refractivity contribution >= 4 is 23.2 Å². The van der Waals surface area contributed by atoms with Gasteiger partial charge in [-0.2, -0.15) is 0 Å². The van der Waals surface area contributed by atoms with Crippen molar-refractivity contribution in [2.75, 3.05) is 31.1 Å². The monoisotopic (exact) mass is 461 g/mol. The number of nitrogens with one attached hydrogen (secondary N) is 2. The molecule has 8 heteroatoms. The molecule has 0 aliphatic carbocycles. The number of ether oxygens (including phenoxy) is 3. The number of anilines is 2. The Balaban J connectivity index is 1.32. The third kappa shape index (κ3) is 5.40. The fourth-order valence-corrected chi connectivity index (χ4v) is 3.73. The smallest absolute Gasteiger partial charge is 0.243 e. The zero-order chi connectivity index (χ0) is 23.9. The van der Waals surface area contributed by atoms with Gasteiger partial charge < -0.3 is 19.1 Å². The van der Waals surface area contributed by atoms with Crippen LogP contribution in [0.15, 0.2) is 72.8 Å². The highest BCUT2D eigenvalue weighted by atomic mass is 16.5. The third-order valence-electron chi connectivity index (χ3n) is 5.61. The molecule has 34 heavy (non-hydrogen) atoms. The molecule has 0 bridgehead atoms. The topological polar surface area (TPSA) is 89.1 Å². The summed E-state index contributed by atoms with van der Waals surface area (Å²) in [6.07, 6.45) is 0.148. The maximum atomic E-state index is 12.7. The number of rotatable bonds is 9. The van der Waals surface area contributed by atoms with E-state index in [-0.39, 0.29) is 18.2 Å². The van der Waals surface area contributed by atoms with E-state index in [2.05, 4.69) is 10.9 Å². The van der Waals surface area contributed by atoms with Crippen LogP contribution in [0.1, 0.15) is 12.0 Å². The Hall–Kier alpha value is -4.20. The van der Waals surface area contributed by atoms with Crippen molar-refractivity contribution in [2.24, 2.45) is 5.92 Å². The van der Waals surface area contributed by atoms with Crippen LogP contribution < -0.4 is 30.0 Å². The van der Waals surface area contributed by atoms with E-state index in [4.69, 9.17) is 14.2 Å². The van der Waals surface area contributed by atoms with Gasteiger partial charge in [0.05, 0.1) is 25.8 Å². The van der Waals surface area contributed by atoms with Gasteiger partial charge in [-0.1, -0.05) is 30.3 Å². The zero-order valence-corrected chi connectivity index (χ0v) is 19.1. The van der Waals surface area contributed by atoms with Gasteiger partial charge in [-0.25, -0.2) is 0 Å². The van der Waals surface area contributed by atoms with Gasteiger partial charge in [0.1, 0.15) is 12.4 Å². The number of hydrogen-bond acceptors (Lipinski definition) is 6. The molecule has 1 fully saturated rings. The minimum Gasteiger partial charge on any atom is -0.497 e. The molecule has 8 nitrogen and oxygen atoms in total. The van der Waals surface area contributed by atoms with Crippen molar-refractivity contribution < 1.29 is 23.8 Å². The number of carbonyl (C=O) groups is 2. The Morgan fingerprint density at radius 1 is 0.971 bits per heavy atom.